The maximum Gasteiger partial charge on any atom is 0.174 e. The van der Waals surface area contributed by atoms with Gasteiger partial charge in [0.1, 0.15) is 0 Å². The van der Waals surface area contributed by atoms with Crippen molar-refractivity contribution < 1.29 is 4.79 Å². The van der Waals surface area contributed by atoms with Crippen LogP contribution in [0.5, 0.6) is 0 Å². The highest BCUT2D eigenvalue weighted by Crippen LogP contribution is 2.10. The minimum Gasteiger partial charge on any atom is -0.293 e. The first-order valence-corrected chi connectivity index (χ1v) is 4.42. The van der Waals surface area contributed by atoms with E-state index in [1.54, 1.807) is 11.7 Å². The lowest BCUT2D eigenvalue weighted by molar-refractivity contribution is 0.0986. The van der Waals surface area contributed by atoms with E-state index in [-0.39, 0.29) is 5.78 Å². The number of Topliss-reactive ketones (excluding diaryl/α,β-unsaturated/α-hetero) is 1. The number of carbonyl (C=O) groups excluding carboxylic acids is 1. The highest BCUT2D eigenvalue weighted by molar-refractivity contribution is 7.11. The smallest absolute Gasteiger partial charge is 0.174 e. The first-order valence-electron chi connectivity index (χ1n) is 3.54. The Kier molecular flexibility index (Phi) is 3.23. The number of hydrogen-bond donors (Lipinski definition) is 0. The summed E-state index contributed by atoms with van der Waals surface area (Å²) in [5.41, 5.74) is 1.68. The quantitative estimate of drug-likeness (QED) is 0.646. The van der Waals surface area contributed by atoms with Crippen molar-refractivity contribution in [3.63, 3.8) is 0 Å². The minimum absolute atomic E-state index is 0.200. The third kappa shape index (κ3) is 2.42. The van der Waals surface area contributed by atoms with Crippen LogP contribution in [-0.4, -0.2) is 10.8 Å². The van der Waals surface area contributed by atoms with Gasteiger partial charge in [0, 0.05) is 12.6 Å². The molecule has 0 spiro atoms. The second kappa shape index (κ2) is 4.23. The fourth-order valence-corrected chi connectivity index (χ4v) is 1.34. The van der Waals surface area contributed by atoms with Crippen molar-refractivity contribution in [3.8, 4) is 0 Å². The van der Waals surface area contributed by atoms with Gasteiger partial charge in [0.15, 0.2) is 5.78 Å². The largest absolute Gasteiger partial charge is 0.293 e. The summed E-state index contributed by atoms with van der Waals surface area (Å²) >= 11 is 1.41. The lowest BCUT2D eigenvalue weighted by Crippen LogP contribution is -1.94. The maximum absolute atomic E-state index is 11.2. The van der Waals surface area contributed by atoms with Gasteiger partial charge in [-0.25, -0.2) is 0 Å². The topological polar surface area (TPSA) is 30.0 Å². The van der Waals surface area contributed by atoms with E-state index in [1.807, 2.05) is 13.3 Å². The first-order chi connectivity index (χ1) is 5.34. The second-order valence-corrected chi connectivity index (χ2v) is 3.12. The van der Waals surface area contributed by atoms with Gasteiger partial charge < -0.3 is 0 Å². The molecule has 0 saturated heterocycles. The summed E-state index contributed by atoms with van der Waals surface area (Å²) in [6.07, 6.45) is 5.09. The zero-order valence-electron chi connectivity index (χ0n) is 6.41. The molecule has 1 rings (SSSR count). The molecular weight excluding hydrogens is 158 g/mol. The summed E-state index contributed by atoms with van der Waals surface area (Å²) in [6, 6.07) is 0. The van der Waals surface area contributed by atoms with Crippen molar-refractivity contribution in [2.75, 3.05) is 0 Å². The number of thiazole rings is 1. The molecule has 0 atom stereocenters. The molecule has 1 radical (unpaired) electrons. The van der Waals surface area contributed by atoms with E-state index in [4.69, 9.17) is 0 Å². The molecule has 0 aliphatic rings. The highest BCUT2D eigenvalue weighted by Gasteiger charge is 2.05. The summed E-state index contributed by atoms with van der Waals surface area (Å²) in [6.45, 7) is 1.96. The van der Waals surface area contributed by atoms with Crippen LogP contribution >= 0.6 is 11.3 Å². The molecule has 0 amide bonds. The summed E-state index contributed by atoms with van der Waals surface area (Å²) in [7, 11) is 0. The zero-order valence-corrected chi connectivity index (χ0v) is 7.23. The molecule has 1 aromatic rings. The highest BCUT2D eigenvalue weighted by atomic mass is 32.1. The lowest BCUT2D eigenvalue weighted by atomic mass is 10.2. The van der Waals surface area contributed by atoms with Gasteiger partial charge in [0.25, 0.3) is 0 Å². The average Bonchev–Trinajstić information content (AvgIpc) is 2.52. The summed E-state index contributed by atoms with van der Waals surface area (Å²) in [4.78, 5) is 15.8. The maximum atomic E-state index is 11.2. The van der Waals surface area contributed by atoms with Crippen LogP contribution in [-0.2, 0) is 0 Å². The predicted octanol–water partition coefficient (Wildman–Crippen LogP) is 2.33. The van der Waals surface area contributed by atoms with Crippen LogP contribution in [0.3, 0.4) is 0 Å². The normalized spacial score (nSPS) is 9.91. The van der Waals surface area contributed by atoms with E-state index in [1.165, 1.54) is 11.3 Å². The van der Waals surface area contributed by atoms with Gasteiger partial charge in [-0.2, -0.15) is 0 Å². The van der Waals surface area contributed by atoms with Crippen LogP contribution in [0.4, 0.5) is 0 Å². The molecule has 2 nitrogen and oxygen atoms in total. The number of aromatic nitrogens is 1. The van der Waals surface area contributed by atoms with Crippen molar-refractivity contribution in [1.82, 2.24) is 4.98 Å². The summed E-state index contributed by atoms with van der Waals surface area (Å²) < 4.78 is 0. The average molecular weight is 168 g/mol. The number of rotatable bonds is 4. The standard InChI is InChI=1S/C8H10NOS/c1-2-3-4-7(10)8-5-9-6-11-8/h2,5-6H,3-4H2,1H3. The number of hydrogen-bond acceptors (Lipinski definition) is 3. The lowest BCUT2D eigenvalue weighted by Gasteiger charge is -1.92. The van der Waals surface area contributed by atoms with Crippen LogP contribution in [0.1, 0.15) is 29.4 Å². The van der Waals surface area contributed by atoms with Gasteiger partial charge in [-0.05, 0) is 12.8 Å². The molecule has 59 valence electrons. The van der Waals surface area contributed by atoms with E-state index >= 15 is 0 Å². The predicted molar refractivity (Wildman–Crippen MR) is 45.7 cm³/mol. The molecule has 3 heteroatoms. The molecule has 0 aromatic carbocycles. The van der Waals surface area contributed by atoms with Crippen molar-refractivity contribution in [1.29, 1.82) is 0 Å². The summed E-state index contributed by atoms with van der Waals surface area (Å²) in [5, 5.41) is 0. The fraction of sp³-hybridized carbons (Fsp3) is 0.375. The number of unbranched alkanes of at least 4 members (excludes halogenated alkanes) is 1. The van der Waals surface area contributed by atoms with Crippen LogP contribution in [0.2, 0.25) is 0 Å². The Labute approximate surface area is 70.3 Å². The van der Waals surface area contributed by atoms with Crippen molar-refractivity contribution in [3.05, 3.63) is 23.0 Å². The number of nitrogens with zero attached hydrogens (tertiary/aromatic N) is 1. The molecule has 1 heterocycles. The zero-order chi connectivity index (χ0) is 8.10. The number of ketones is 1. The van der Waals surface area contributed by atoms with E-state index in [0.717, 1.165) is 11.3 Å². The van der Waals surface area contributed by atoms with E-state index < -0.39 is 0 Å². The molecule has 0 bridgehead atoms. The monoisotopic (exact) mass is 168 g/mol. The van der Waals surface area contributed by atoms with Gasteiger partial charge in [0.2, 0.25) is 0 Å². The minimum atomic E-state index is 0.200. The van der Waals surface area contributed by atoms with Gasteiger partial charge in [-0.1, -0.05) is 6.92 Å². The van der Waals surface area contributed by atoms with Gasteiger partial charge in [-0.15, -0.1) is 11.3 Å². The Morgan fingerprint density at radius 2 is 2.64 bits per heavy atom. The fourth-order valence-electron chi connectivity index (χ4n) is 0.752. The Morgan fingerprint density at radius 3 is 3.18 bits per heavy atom. The Morgan fingerprint density at radius 1 is 1.82 bits per heavy atom. The molecule has 0 aliphatic heterocycles. The molecule has 1 aromatic heterocycles. The molecular formula is C8H10NOS. The van der Waals surface area contributed by atoms with Gasteiger partial charge >= 0.3 is 0 Å². The second-order valence-electron chi connectivity index (χ2n) is 2.24. The van der Waals surface area contributed by atoms with Crippen molar-refractivity contribution in [2.45, 2.75) is 19.8 Å². The first kappa shape index (κ1) is 8.40. The van der Waals surface area contributed by atoms with E-state index in [0.29, 0.717) is 6.42 Å². The Bertz CT molecular complexity index is 218. The third-order valence-electron chi connectivity index (χ3n) is 1.37. The molecule has 0 N–H and O–H groups in total. The van der Waals surface area contributed by atoms with Crippen LogP contribution in [0.25, 0.3) is 0 Å². The molecule has 0 unspecified atom stereocenters. The summed E-state index contributed by atoms with van der Waals surface area (Å²) in [5.74, 6) is 0.200. The van der Waals surface area contributed by atoms with Gasteiger partial charge in [0.05, 0.1) is 10.4 Å². The number of carbonyl (C=O) groups is 1. The Hall–Kier alpha value is -0.700. The molecule has 0 saturated carbocycles. The van der Waals surface area contributed by atoms with E-state index in [2.05, 4.69) is 4.98 Å². The third-order valence-corrected chi connectivity index (χ3v) is 2.18. The molecule has 0 fully saturated rings. The van der Waals surface area contributed by atoms with Crippen LogP contribution in [0, 0.1) is 6.42 Å². The van der Waals surface area contributed by atoms with Crippen LogP contribution < -0.4 is 0 Å². The SMILES string of the molecule is C[CH]CCC(=O)c1cncs1. The van der Waals surface area contributed by atoms with E-state index in [9.17, 15) is 4.79 Å². The Balaban J connectivity index is 2.43. The van der Waals surface area contributed by atoms with Crippen LogP contribution in [0.15, 0.2) is 11.7 Å². The van der Waals surface area contributed by atoms with Crippen molar-refractivity contribution >= 4 is 17.1 Å². The van der Waals surface area contributed by atoms with Gasteiger partial charge in [-0.3, -0.25) is 9.78 Å². The molecule has 0 aliphatic carbocycles. The molecule has 11 heavy (non-hydrogen) atoms. The van der Waals surface area contributed by atoms with Crippen molar-refractivity contribution in [2.24, 2.45) is 0 Å².